The van der Waals surface area contributed by atoms with Gasteiger partial charge >= 0.3 is 0 Å². The lowest BCUT2D eigenvalue weighted by Crippen LogP contribution is -2.35. The summed E-state index contributed by atoms with van der Waals surface area (Å²) in [5.74, 6) is 0.792. The van der Waals surface area contributed by atoms with Gasteiger partial charge in [-0.3, -0.25) is 4.79 Å². The monoisotopic (exact) mass is 446 g/mol. The molecule has 5 nitrogen and oxygen atoms in total. The summed E-state index contributed by atoms with van der Waals surface area (Å²) in [6.45, 7) is 2.88. The molecule has 0 N–H and O–H groups in total. The molecule has 0 aliphatic carbocycles. The minimum Gasteiger partial charge on any atom is -0.345 e. The number of anilines is 1. The second-order valence-electron chi connectivity index (χ2n) is 6.95. The van der Waals surface area contributed by atoms with Crippen LogP contribution in [-0.4, -0.2) is 46.3 Å². The van der Waals surface area contributed by atoms with Gasteiger partial charge in [-0.05, 0) is 30.2 Å². The van der Waals surface area contributed by atoms with Crippen molar-refractivity contribution in [3.05, 3.63) is 75.5 Å². The van der Waals surface area contributed by atoms with Crippen molar-refractivity contribution >= 4 is 45.8 Å². The summed E-state index contributed by atoms with van der Waals surface area (Å²) in [5, 5.41) is 1.85. The molecule has 29 heavy (non-hydrogen) atoms. The smallest absolute Gasteiger partial charge is 0.254 e. The Morgan fingerprint density at radius 3 is 2.52 bits per heavy atom. The van der Waals surface area contributed by atoms with Crippen molar-refractivity contribution in [3.8, 4) is 0 Å². The number of benzene rings is 2. The molecule has 4 rings (SSSR count). The van der Waals surface area contributed by atoms with Gasteiger partial charge in [-0.2, -0.15) is 4.37 Å². The van der Waals surface area contributed by atoms with E-state index >= 15 is 0 Å². The van der Waals surface area contributed by atoms with E-state index in [4.69, 9.17) is 28.2 Å². The zero-order chi connectivity index (χ0) is 20.2. The topological polar surface area (TPSA) is 49.3 Å². The first-order valence-corrected chi connectivity index (χ1v) is 11.0. The molecule has 1 aromatic heterocycles. The summed E-state index contributed by atoms with van der Waals surface area (Å²) in [6, 6.07) is 15.2. The number of carbonyl (C=O) groups excluding carboxylic acids is 1. The second kappa shape index (κ2) is 9.11. The van der Waals surface area contributed by atoms with Crippen LogP contribution in [0.15, 0.2) is 48.5 Å². The average Bonchev–Trinajstić information content (AvgIpc) is 3.02. The largest absolute Gasteiger partial charge is 0.345 e. The predicted octanol–water partition coefficient (Wildman–Crippen LogP) is 4.79. The van der Waals surface area contributed by atoms with Crippen LogP contribution in [0, 0.1) is 0 Å². The summed E-state index contributed by atoms with van der Waals surface area (Å²) in [6.07, 6.45) is 1.60. The van der Waals surface area contributed by atoms with Gasteiger partial charge in [0.05, 0.1) is 0 Å². The molecular formula is C21H20Cl2N4OS. The molecule has 0 radical (unpaired) electrons. The molecule has 2 heterocycles. The first kappa shape index (κ1) is 20.1. The molecule has 1 amide bonds. The lowest BCUT2D eigenvalue weighted by Gasteiger charge is -2.21. The van der Waals surface area contributed by atoms with Crippen LogP contribution in [0.1, 0.15) is 28.2 Å². The molecule has 150 valence electrons. The fourth-order valence-corrected chi connectivity index (χ4v) is 4.66. The van der Waals surface area contributed by atoms with Crippen molar-refractivity contribution < 1.29 is 4.79 Å². The Labute approximate surface area is 184 Å². The van der Waals surface area contributed by atoms with Crippen LogP contribution in [0.5, 0.6) is 0 Å². The van der Waals surface area contributed by atoms with Gasteiger partial charge in [0.2, 0.25) is 5.13 Å². The number of aromatic nitrogens is 2. The lowest BCUT2D eigenvalue weighted by molar-refractivity contribution is 0.0767. The minimum atomic E-state index is -0.0433. The number of hydrogen-bond acceptors (Lipinski definition) is 5. The van der Waals surface area contributed by atoms with Gasteiger partial charge < -0.3 is 9.80 Å². The Hall–Kier alpha value is -2.15. The molecule has 2 aromatic carbocycles. The van der Waals surface area contributed by atoms with E-state index in [1.54, 1.807) is 18.2 Å². The van der Waals surface area contributed by atoms with Crippen molar-refractivity contribution in [3.63, 3.8) is 0 Å². The molecule has 1 aliphatic rings. The van der Waals surface area contributed by atoms with Crippen LogP contribution in [0.4, 0.5) is 5.13 Å². The highest BCUT2D eigenvalue weighted by Gasteiger charge is 2.22. The Morgan fingerprint density at radius 1 is 1.00 bits per heavy atom. The lowest BCUT2D eigenvalue weighted by atomic mass is 10.1. The van der Waals surface area contributed by atoms with Crippen molar-refractivity contribution in [2.24, 2.45) is 0 Å². The average molecular weight is 447 g/mol. The summed E-state index contributed by atoms with van der Waals surface area (Å²) < 4.78 is 4.52. The van der Waals surface area contributed by atoms with E-state index in [-0.39, 0.29) is 5.91 Å². The van der Waals surface area contributed by atoms with E-state index in [0.29, 0.717) is 28.7 Å². The van der Waals surface area contributed by atoms with Crippen molar-refractivity contribution in [2.75, 3.05) is 31.1 Å². The van der Waals surface area contributed by atoms with Crippen molar-refractivity contribution in [1.29, 1.82) is 0 Å². The minimum absolute atomic E-state index is 0.0433. The Bertz CT molecular complexity index is 975. The second-order valence-corrected chi connectivity index (χ2v) is 8.55. The molecule has 1 aliphatic heterocycles. The number of carbonyl (C=O) groups is 1. The first-order valence-electron chi connectivity index (χ1n) is 9.45. The zero-order valence-electron chi connectivity index (χ0n) is 15.7. The number of halogens is 2. The third kappa shape index (κ3) is 5.07. The van der Waals surface area contributed by atoms with Crippen molar-refractivity contribution in [2.45, 2.75) is 12.8 Å². The van der Waals surface area contributed by atoms with E-state index in [1.807, 2.05) is 23.1 Å². The number of nitrogens with zero attached hydrogens (tertiary/aromatic N) is 4. The number of amides is 1. The molecule has 3 aromatic rings. The first-order chi connectivity index (χ1) is 14.1. The maximum absolute atomic E-state index is 12.9. The van der Waals surface area contributed by atoms with Crippen LogP contribution < -0.4 is 4.90 Å². The van der Waals surface area contributed by atoms with E-state index in [1.165, 1.54) is 17.1 Å². The maximum atomic E-state index is 12.9. The molecular weight excluding hydrogens is 427 g/mol. The Balaban J connectivity index is 1.40. The predicted molar refractivity (Wildman–Crippen MR) is 118 cm³/mol. The molecule has 0 unspecified atom stereocenters. The molecule has 1 saturated heterocycles. The van der Waals surface area contributed by atoms with Crippen molar-refractivity contribution in [1.82, 2.24) is 14.3 Å². The molecule has 0 bridgehead atoms. The van der Waals surface area contributed by atoms with Crippen LogP contribution >= 0.6 is 34.7 Å². The molecule has 0 saturated carbocycles. The van der Waals surface area contributed by atoms with E-state index in [0.717, 1.165) is 36.9 Å². The van der Waals surface area contributed by atoms with Gasteiger partial charge in [0.1, 0.15) is 5.82 Å². The van der Waals surface area contributed by atoms with Gasteiger partial charge in [0.15, 0.2) is 0 Å². The Morgan fingerprint density at radius 2 is 1.76 bits per heavy atom. The van der Waals surface area contributed by atoms with Gasteiger partial charge in [-0.15, -0.1) is 0 Å². The number of rotatable bonds is 4. The normalized spacial score (nSPS) is 14.7. The highest BCUT2D eigenvalue weighted by molar-refractivity contribution is 7.09. The third-order valence-electron chi connectivity index (χ3n) is 4.83. The highest BCUT2D eigenvalue weighted by atomic mass is 35.5. The molecule has 0 spiro atoms. The standard InChI is InChI=1S/C21H20Cl2N4OS/c22-17-12-16(13-18(23)14-17)20(28)26-7-4-8-27(10-9-26)21-24-19(25-29-21)11-15-5-2-1-3-6-15/h1-3,5-6,12-14H,4,7-11H2. The van der Waals surface area contributed by atoms with Crippen LogP contribution in [0.2, 0.25) is 10.0 Å². The fraction of sp³-hybridized carbons (Fsp3) is 0.286. The molecule has 8 heteroatoms. The van der Waals surface area contributed by atoms with Gasteiger partial charge in [-0.1, -0.05) is 53.5 Å². The highest BCUT2D eigenvalue weighted by Crippen LogP contribution is 2.23. The third-order valence-corrected chi connectivity index (χ3v) is 6.08. The quantitative estimate of drug-likeness (QED) is 0.577. The SMILES string of the molecule is O=C(c1cc(Cl)cc(Cl)c1)N1CCCN(c2nc(Cc3ccccc3)ns2)CC1. The maximum Gasteiger partial charge on any atom is 0.254 e. The van der Waals surface area contributed by atoms with Gasteiger partial charge in [-0.25, -0.2) is 4.98 Å². The molecule has 1 fully saturated rings. The summed E-state index contributed by atoms with van der Waals surface area (Å²) in [5.41, 5.74) is 1.72. The summed E-state index contributed by atoms with van der Waals surface area (Å²) in [7, 11) is 0. The van der Waals surface area contributed by atoms with Gasteiger partial charge in [0, 0.05) is 59.7 Å². The van der Waals surface area contributed by atoms with E-state index < -0.39 is 0 Å². The Kier molecular flexibility index (Phi) is 6.33. The summed E-state index contributed by atoms with van der Waals surface area (Å²) >= 11 is 13.5. The van der Waals surface area contributed by atoms with Crippen LogP contribution in [-0.2, 0) is 6.42 Å². The number of hydrogen-bond donors (Lipinski definition) is 0. The van der Waals surface area contributed by atoms with Crippen LogP contribution in [0.3, 0.4) is 0 Å². The van der Waals surface area contributed by atoms with Crippen LogP contribution in [0.25, 0.3) is 0 Å². The molecule has 0 atom stereocenters. The summed E-state index contributed by atoms with van der Waals surface area (Å²) in [4.78, 5) is 21.7. The zero-order valence-corrected chi connectivity index (χ0v) is 18.1. The van der Waals surface area contributed by atoms with E-state index in [2.05, 4.69) is 21.4 Å². The fourth-order valence-electron chi connectivity index (χ4n) is 3.40. The van der Waals surface area contributed by atoms with Gasteiger partial charge in [0.25, 0.3) is 5.91 Å². The van der Waals surface area contributed by atoms with E-state index in [9.17, 15) is 4.79 Å².